The molecule has 1 saturated heterocycles. The van der Waals surface area contributed by atoms with E-state index in [1.165, 1.54) is 12.1 Å². The van der Waals surface area contributed by atoms with Crippen molar-refractivity contribution in [1.29, 1.82) is 5.26 Å². The molecule has 0 radical (unpaired) electrons. The quantitative estimate of drug-likeness (QED) is 0.392. The van der Waals surface area contributed by atoms with Crippen LogP contribution >= 0.6 is 24.0 Å². The molecule has 0 spiro atoms. The molecule has 1 aliphatic rings. The molecule has 0 bridgehead atoms. The van der Waals surface area contributed by atoms with Crippen molar-refractivity contribution in [1.82, 2.24) is 15.1 Å². The van der Waals surface area contributed by atoms with E-state index in [0.717, 1.165) is 45.1 Å². The van der Waals surface area contributed by atoms with E-state index in [1.807, 2.05) is 6.07 Å². The number of aliphatic imine (C=N–C) groups is 1. The number of rotatable bonds is 6. The Hall–Kier alpha value is -1.40. The normalized spacial score (nSPS) is 17.2. The van der Waals surface area contributed by atoms with Gasteiger partial charge in [0.1, 0.15) is 5.82 Å². The van der Waals surface area contributed by atoms with Gasteiger partial charge in [0.2, 0.25) is 0 Å². The average molecular weight is 473 g/mol. The fraction of sp³-hybridized carbons (Fsp3) is 0.579. The second kappa shape index (κ2) is 11.3. The molecule has 2 rings (SSSR count). The van der Waals surface area contributed by atoms with Crippen LogP contribution in [-0.2, 0) is 6.54 Å². The van der Waals surface area contributed by atoms with Gasteiger partial charge in [-0.1, -0.05) is 13.8 Å². The molecular formula is C19H29FIN5. The van der Waals surface area contributed by atoms with Gasteiger partial charge in [0.15, 0.2) is 5.96 Å². The first-order valence-electron chi connectivity index (χ1n) is 8.97. The number of hydrogen-bond donors (Lipinski definition) is 1. The SMILES string of the molecule is CCN(CC)CC1CCN(C(=NC)NCc2cc(C#N)ccc2F)C1.I. The lowest BCUT2D eigenvalue weighted by Gasteiger charge is -2.24. The van der Waals surface area contributed by atoms with Crippen LogP contribution in [0.5, 0.6) is 0 Å². The molecule has 1 heterocycles. The summed E-state index contributed by atoms with van der Waals surface area (Å²) in [5.41, 5.74) is 0.952. The molecule has 1 aliphatic heterocycles. The van der Waals surface area contributed by atoms with E-state index < -0.39 is 0 Å². The zero-order valence-electron chi connectivity index (χ0n) is 15.8. The third kappa shape index (κ3) is 6.09. The largest absolute Gasteiger partial charge is 0.352 e. The predicted molar refractivity (Wildman–Crippen MR) is 114 cm³/mol. The maximum atomic E-state index is 13.9. The maximum absolute atomic E-state index is 13.9. The highest BCUT2D eigenvalue weighted by Crippen LogP contribution is 2.18. The molecular weight excluding hydrogens is 444 g/mol. The molecule has 0 aromatic heterocycles. The smallest absolute Gasteiger partial charge is 0.193 e. The van der Waals surface area contributed by atoms with Gasteiger partial charge in [0.05, 0.1) is 11.6 Å². The molecule has 1 aromatic carbocycles. The van der Waals surface area contributed by atoms with Crippen molar-refractivity contribution < 1.29 is 4.39 Å². The second-order valence-electron chi connectivity index (χ2n) is 6.41. The number of guanidine groups is 1. The van der Waals surface area contributed by atoms with E-state index in [1.54, 1.807) is 13.1 Å². The molecule has 1 atom stereocenters. The minimum Gasteiger partial charge on any atom is -0.352 e. The Kier molecular flexibility index (Phi) is 9.88. The zero-order chi connectivity index (χ0) is 18.2. The molecule has 1 unspecified atom stereocenters. The molecule has 5 nitrogen and oxygen atoms in total. The van der Waals surface area contributed by atoms with Crippen molar-refractivity contribution in [3.63, 3.8) is 0 Å². The van der Waals surface area contributed by atoms with Crippen molar-refractivity contribution in [3.05, 3.63) is 35.1 Å². The highest BCUT2D eigenvalue weighted by molar-refractivity contribution is 14.0. The molecule has 0 saturated carbocycles. The van der Waals surface area contributed by atoms with Crippen LogP contribution in [0.2, 0.25) is 0 Å². The fourth-order valence-electron chi connectivity index (χ4n) is 3.31. The van der Waals surface area contributed by atoms with Gasteiger partial charge in [-0.2, -0.15) is 5.26 Å². The second-order valence-corrected chi connectivity index (χ2v) is 6.41. The van der Waals surface area contributed by atoms with Crippen LogP contribution in [0.3, 0.4) is 0 Å². The number of benzene rings is 1. The Bertz CT molecular complexity index is 639. The summed E-state index contributed by atoms with van der Waals surface area (Å²) in [6.07, 6.45) is 1.15. The Morgan fingerprint density at radius 1 is 1.42 bits per heavy atom. The van der Waals surface area contributed by atoms with Crippen molar-refractivity contribution in [2.45, 2.75) is 26.8 Å². The lowest BCUT2D eigenvalue weighted by molar-refractivity contribution is 0.255. The number of nitrogens with one attached hydrogen (secondary N) is 1. The molecule has 7 heteroatoms. The molecule has 1 aromatic rings. The van der Waals surface area contributed by atoms with E-state index >= 15 is 0 Å². The maximum Gasteiger partial charge on any atom is 0.193 e. The van der Waals surface area contributed by atoms with Gasteiger partial charge in [-0.3, -0.25) is 4.99 Å². The van der Waals surface area contributed by atoms with E-state index in [0.29, 0.717) is 23.6 Å². The van der Waals surface area contributed by atoms with E-state index in [2.05, 4.69) is 34.0 Å². The fourth-order valence-corrected chi connectivity index (χ4v) is 3.31. The van der Waals surface area contributed by atoms with Crippen LogP contribution in [0.15, 0.2) is 23.2 Å². The summed E-state index contributed by atoms with van der Waals surface area (Å²) in [5, 5.41) is 12.2. The summed E-state index contributed by atoms with van der Waals surface area (Å²) >= 11 is 0. The third-order valence-corrected chi connectivity index (χ3v) is 4.82. The molecule has 144 valence electrons. The highest BCUT2D eigenvalue weighted by Gasteiger charge is 2.25. The number of halogens is 2. The molecule has 0 aliphatic carbocycles. The summed E-state index contributed by atoms with van der Waals surface area (Å²) in [4.78, 5) is 9.03. The van der Waals surface area contributed by atoms with Gasteiger partial charge in [-0.15, -0.1) is 24.0 Å². The third-order valence-electron chi connectivity index (χ3n) is 4.82. The van der Waals surface area contributed by atoms with Crippen LogP contribution < -0.4 is 5.32 Å². The van der Waals surface area contributed by atoms with Crippen LogP contribution in [0.4, 0.5) is 4.39 Å². The predicted octanol–water partition coefficient (Wildman–Crippen LogP) is 3.05. The van der Waals surface area contributed by atoms with Crippen molar-refractivity contribution in [2.75, 3.05) is 39.8 Å². The lowest BCUT2D eigenvalue weighted by Crippen LogP contribution is -2.40. The first-order chi connectivity index (χ1) is 12.1. The monoisotopic (exact) mass is 473 g/mol. The van der Waals surface area contributed by atoms with Crippen LogP contribution in [-0.4, -0.2) is 55.5 Å². The van der Waals surface area contributed by atoms with Gasteiger partial charge in [-0.05, 0) is 43.6 Å². The first kappa shape index (κ1) is 22.6. The van der Waals surface area contributed by atoms with E-state index in [4.69, 9.17) is 5.26 Å². The number of likely N-dealkylation sites (tertiary alicyclic amines) is 1. The van der Waals surface area contributed by atoms with Gasteiger partial charge in [-0.25, -0.2) is 4.39 Å². The molecule has 1 N–H and O–H groups in total. The van der Waals surface area contributed by atoms with Crippen LogP contribution in [0.1, 0.15) is 31.4 Å². The molecule has 26 heavy (non-hydrogen) atoms. The van der Waals surface area contributed by atoms with Crippen molar-refractivity contribution >= 4 is 29.9 Å². The minimum absolute atomic E-state index is 0. The van der Waals surface area contributed by atoms with Gasteiger partial charge >= 0.3 is 0 Å². The Morgan fingerprint density at radius 3 is 2.77 bits per heavy atom. The van der Waals surface area contributed by atoms with Crippen molar-refractivity contribution in [3.8, 4) is 6.07 Å². The summed E-state index contributed by atoms with van der Waals surface area (Å²) in [6, 6.07) is 6.47. The Balaban J connectivity index is 0.00000338. The number of nitrogens with zero attached hydrogens (tertiary/aromatic N) is 4. The van der Waals surface area contributed by atoms with Gasteiger partial charge in [0.25, 0.3) is 0 Å². The highest BCUT2D eigenvalue weighted by atomic mass is 127. The van der Waals surface area contributed by atoms with Gasteiger partial charge < -0.3 is 15.1 Å². The lowest BCUT2D eigenvalue weighted by atomic mass is 10.1. The Labute approximate surface area is 173 Å². The molecule has 0 amide bonds. The Morgan fingerprint density at radius 2 is 2.15 bits per heavy atom. The standard InChI is InChI=1S/C19H28FN5.HI/c1-4-24(5-2)13-16-8-9-25(14-16)19(22-3)23-12-17-10-15(11-21)6-7-18(17)20;/h6-7,10,16H,4-5,8-9,12-14H2,1-3H3,(H,22,23);1H. The molecule has 1 fully saturated rings. The minimum atomic E-state index is -0.303. The average Bonchev–Trinajstić information content (AvgIpc) is 3.10. The van der Waals surface area contributed by atoms with E-state index in [9.17, 15) is 4.39 Å². The number of nitriles is 1. The summed E-state index contributed by atoms with van der Waals surface area (Å²) < 4.78 is 13.9. The van der Waals surface area contributed by atoms with Gasteiger partial charge in [0, 0.05) is 38.8 Å². The topological polar surface area (TPSA) is 54.7 Å². The summed E-state index contributed by atoms with van der Waals surface area (Å²) in [6.45, 7) is 9.91. The number of hydrogen-bond acceptors (Lipinski definition) is 3. The summed E-state index contributed by atoms with van der Waals surface area (Å²) in [5.74, 6) is 1.13. The van der Waals surface area contributed by atoms with E-state index in [-0.39, 0.29) is 29.8 Å². The van der Waals surface area contributed by atoms with Crippen LogP contribution in [0, 0.1) is 23.1 Å². The van der Waals surface area contributed by atoms with Crippen LogP contribution in [0.25, 0.3) is 0 Å². The van der Waals surface area contributed by atoms with Crippen molar-refractivity contribution in [2.24, 2.45) is 10.9 Å². The zero-order valence-corrected chi connectivity index (χ0v) is 18.2. The first-order valence-corrected chi connectivity index (χ1v) is 8.97. The summed E-state index contributed by atoms with van der Waals surface area (Å²) in [7, 11) is 1.75.